The molecule has 1 saturated carbocycles. The molecule has 0 atom stereocenters. The van der Waals surface area contributed by atoms with Crippen LogP contribution in [0.25, 0.3) is 5.57 Å². The van der Waals surface area contributed by atoms with Crippen molar-refractivity contribution in [2.24, 2.45) is 11.3 Å². The predicted octanol–water partition coefficient (Wildman–Crippen LogP) is 6.41. The van der Waals surface area contributed by atoms with Crippen molar-refractivity contribution in [2.75, 3.05) is 13.1 Å². The summed E-state index contributed by atoms with van der Waals surface area (Å²) in [5, 5.41) is 12.4. The third-order valence-corrected chi connectivity index (χ3v) is 5.13. The summed E-state index contributed by atoms with van der Waals surface area (Å²) in [6, 6.07) is 7.40. The van der Waals surface area contributed by atoms with Crippen molar-refractivity contribution in [3.8, 4) is 5.75 Å². The van der Waals surface area contributed by atoms with Crippen LogP contribution in [0.15, 0.2) is 30.3 Å². The fourth-order valence-corrected chi connectivity index (χ4v) is 3.53. The van der Waals surface area contributed by atoms with Gasteiger partial charge in [0.2, 0.25) is 0 Å². The lowest BCUT2D eigenvalue weighted by Crippen LogP contribution is -2.22. The molecule has 1 aromatic carbocycles. The van der Waals surface area contributed by atoms with Gasteiger partial charge in [-0.25, -0.2) is 0 Å². The van der Waals surface area contributed by atoms with Crippen molar-refractivity contribution in [3.63, 3.8) is 0 Å². The van der Waals surface area contributed by atoms with Gasteiger partial charge in [0.25, 0.3) is 0 Å². The van der Waals surface area contributed by atoms with Crippen LogP contribution in [0.1, 0.15) is 78.7 Å². The van der Waals surface area contributed by atoms with E-state index in [9.17, 15) is 0 Å². The Balaban J connectivity index is 0.000000235. The van der Waals surface area contributed by atoms with Gasteiger partial charge in [-0.1, -0.05) is 72.1 Å². The Labute approximate surface area is 155 Å². The van der Waals surface area contributed by atoms with Crippen LogP contribution in [0.4, 0.5) is 0 Å². The van der Waals surface area contributed by atoms with Crippen LogP contribution in [0.5, 0.6) is 5.75 Å². The summed E-state index contributed by atoms with van der Waals surface area (Å²) in [5.74, 6) is 1.33. The van der Waals surface area contributed by atoms with Gasteiger partial charge in [-0.05, 0) is 60.4 Å². The van der Waals surface area contributed by atoms with Crippen molar-refractivity contribution in [1.82, 2.24) is 5.32 Å². The summed E-state index contributed by atoms with van der Waals surface area (Å²) in [6.07, 6.45) is 10.7. The van der Waals surface area contributed by atoms with E-state index in [2.05, 4.69) is 32.2 Å². The molecule has 0 bridgehead atoms. The second-order valence-electron chi connectivity index (χ2n) is 7.93. The quantitative estimate of drug-likeness (QED) is 0.616. The normalized spacial score (nSPS) is 18.2. The highest BCUT2D eigenvalue weighted by atomic mass is 16.3. The maximum atomic E-state index is 9.12. The SMILES string of the molecule is CC.CC(C)(C)C1CCCCC1.Oc1ccc(C2=CCNCC2)cc1. The topological polar surface area (TPSA) is 32.3 Å². The Morgan fingerprint density at radius 2 is 1.56 bits per heavy atom. The number of rotatable bonds is 1. The van der Waals surface area contributed by atoms with E-state index in [1.54, 1.807) is 12.1 Å². The van der Waals surface area contributed by atoms with Crippen LogP contribution in [-0.2, 0) is 0 Å². The standard InChI is InChI=1S/C11H13NO.C10H20.C2H6/c13-11-3-1-9(2-4-11)10-5-7-12-8-6-10;1-10(2,3)9-7-5-4-6-8-9;1-2/h1-5,12-13H,6-8H2;9H,4-8H2,1-3H3;1-2H3. The zero-order valence-corrected chi connectivity index (χ0v) is 17.1. The first kappa shape index (κ1) is 21.8. The van der Waals surface area contributed by atoms with Crippen molar-refractivity contribution in [1.29, 1.82) is 0 Å². The molecular weight excluding hydrogens is 306 g/mol. The average Bonchev–Trinajstić information content (AvgIpc) is 2.65. The number of phenols is 1. The molecule has 2 N–H and O–H groups in total. The lowest BCUT2D eigenvalue weighted by atomic mass is 9.72. The lowest BCUT2D eigenvalue weighted by Gasteiger charge is -2.33. The minimum atomic E-state index is 0.332. The monoisotopic (exact) mass is 345 g/mol. The van der Waals surface area contributed by atoms with Gasteiger partial charge in [0.1, 0.15) is 5.75 Å². The minimum Gasteiger partial charge on any atom is -0.508 e. The molecule has 0 spiro atoms. The Kier molecular flexibility index (Phi) is 9.89. The largest absolute Gasteiger partial charge is 0.508 e. The highest BCUT2D eigenvalue weighted by molar-refractivity contribution is 5.66. The highest BCUT2D eigenvalue weighted by Crippen LogP contribution is 2.37. The number of hydrogen-bond acceptors (Lipinski definition) is 2. The number of nitrogens with one attached hydrogen (secondary N) is 1. The van der Waals surface area contributed by atoms with E-state index in [0.29, 0.717) is 11.2 Å². The number of phenolic OH excluding ortho intramolecular Hbond substituents is 1. The van der Waals surface area contributed by atoms with E-state index in [1.165, 1.54) is 43.2 Å². The Hall–Kier alpha value is -1.28. The third kappa shape index (κ3) is 8.09. The molecule has 2 aliphatic rings. The van der Waals surface area contributed by atoms with Crippen LogP contribution in [0.3, 0.4) is 0 Å². The molecule has 0 radical (unpaired) electrons. The van der Waals surface area contributed by atoms with Gasteiger partial charge in [0.15, 0.2) is 0 Å². The molecule has 1 heterocycles. The molecule has 2 nitrogen and oxygen atoms in total. The van der Waals surface area contributed by atoms with Crippen molar-refractivity contribution >= 4 is 5.57 Å². The van der Waals surface area contributed by atoms with Crippen LogP contribution in [0, 0.1) is 11.3 Å². The minimum absolute atomic E-state index is 0.332. The predicted molar refractivity (Wildman–Crippen MR) is 111 cm³/mol. The second kappa shape index (κ2) is 11.4. The van der Waals surface area contributed by atoms with Gasteiger partial charge in [-0.2, -0.15) is 0 Å². The number of hydrogen-bond donors (Lipinski definition) is 2. The fraction of sp³-hybridized carbons (Fsp3) is 0.652. The molecule has 3 rings (SSSR count). The zero-order valence-electron chi connectivity index (χ0n) is 17.1. The summed E-state index contributed by atoms with van der Waals surface area (Å²) in [6.45, 7) is 13.1. The van der Waals surface area contributed by atoms with Crippen LogP contribution in [-0.4, -0.2) is 18.2 Å². The van der Waals surface area contributed by atoms with E-state index >= 15 is 0 Å². The fourth-order valence-electron chi connectivity index (χ4n) is 3.53. The molecule has 142 valence electrons. The average molecular weight is 346 g/mol. The molecule has 1 aromatic rings. The van der Waals surface area contributed by atoms with Gasteiger partial charge in [0, 0.05) is 6.54 Å². The maximum absolute atomic E-state index is 9.12. The van der Waals surface area contributed by atoms with Gasteiger partial charge >= 0.3 is 0 Å². The zero-order chi connectivity index (χ0) is 18.7. The van der Waals surface area contributed by atoms with Gasteiger partial charge in [-0.15, -0.1) is 0 Å². The maximum Gasteiger partial charge on any atom is 0.115 e. The number of benzene rings is 1. The summed E-state index contributed by atoms with van der Waals surface area (Å²) in [4.78, 5) is 0. The summed E-state index contributed by atoms with van der Waals surface area (Å²) in [5.41, 5.74) is 3.17. The molecule has 0 aromatic heterocycles. The molecule has 2 heteroatoms. The van der Waals surface area contributed by atoms with Crippen molar-refractivity contribution in [2.45, 2.75) is 73.1 Å². The van der Waals surface area contributed by atoms with Crippen LogP contribution < -0.4 is 5.32 Å². The molecular formula is C23H39NO. The van der Waals surface area contributed by atoms with E-state index in [0.717, 1.165) is 25.4 Å². The van der Waals surface area contributed by atoms with Crippen LogP contribution >= 0.6 is 0 Å². The second-order valence-corrected chi connectivity index (χ2v) is 7.93. The molecule has 1 fully saturated rings. The first-order chi connectivity index (χ1) is 12.0. The summed E-state index contributed by atoms with van der Waals surface area (Å²) < 4.78 is 0. The Morgan fingerprint density at radius 3 is 2.00 bits per heavy atom. The first-order valence-corrected chi connectivity index (χ1v) is 10.2. The van der Waals surface area contributed by atoms with Crippen molar-refractivity contribution in [3.05, 3.63) is 35.9 Å². The first-order valence-electron chi connectivity index (χ1n) is 10.2. The van der Waals surface area contributed by atoms with Crippen molar-refractivity contribution < 1.29 is 5.11 Å². The number of aromatic hydroxyl groups is 1. The van der Waals surface area contributed by atoms with Gasteiger partial charge < -0.3 is 10.4 Å². The Bertz CT molecular complexity index is 490. The van der Waals surface area contributed by atoms with E-state index in [4.69, 9.17) is 5.11 Å². The van der Waals surface area contributed by atoms with E-state index in [1.807, 2.05) is 26.0 Å². The van der Waals surface area contributed by atoms with E-state index < -0.39 is 0 Å². The van der Waals surface area contributed by atoms with Crippen LogP contribution in [0.2, 0.25) is 0 Å². The lowest BCUT2D eigenvalue weighted by molar-refractivity contribution is 0.180. The molecule has 25 heavy (non-hydrogen) atoms. The highest BCUT2D eigenvalue weighted by Gasteiger charge is 2.25. The molecule has 1 aliphatic carbocycles. The summed E-state index contributed by atoms with van der Waals surface area (Å²) >= 11 is 0. The summed E-state index contributed by atoms with van der Waals surface area (Å²) in [7, 11) is 0. The van der Waals surface area contributed by atoms with Gasteiger partial charge in [-0.3, -0.25) is 0 Å². The smallest absolute Gasteiger partial charge is 0.115 e. The molecule has 0 saturated heterocycles. The molecule has 1 aliphatic heterocycles. The van der Waals surface area contributed by atoms with Gasteiger partial charge in [0.05, 0.1) is 0 Å². The van der Waals surface area contributed by atoms with E-state index in [-0.39, 0.29) is 0 Å². The third-order valence-electron chi connectivity index (χ3n) is 5.13. The molecule has 0 amide bonds. The molecule has 0 unspecified atom stereocenters. The Morgan fingerprint density at radius 1 is 0.960 bits per heavy atom.